The summed E-state index contributed by atoms with van der Waals surface area (Å²) in [5.74, 6) is 0.0256. The van der Waals surface area contributed by atoms with Crippen LogP contribution in [0.15, 0.2) is 0 Å². The van der Waals surface area contributed by atoms with Gasteiger partial charge in [-0.25, -0.2) is 0 Å². The molecular formula is C10H20ClNO2. The van der Waals surface area contributed by atoms with Crippen molar-refractivity contribution in [2.24, 2.45) is 5.92 Å². The number of halogens is 1. The second kappa shape index (κ2) is 7.07. The van der Waals surface area contributed by atoms with Gasteiger partial charge in [-0.05, 0) is 12.8 Å². The lowest BCUT2D eigenvalue weighted by molar-refractivity contribution is -0.121. The zero-order valence-corrected chi connectivity index (χ0v) is 9.84. The van der Waals surface area contributed by atoms with Crippen molar-refractivity contribution in [1.82, 2.24) is 5.32 Å². The number of aliphatic hydroxyl groups excluding tert-OH is 1. The molecular weight excluding hydrogens is 202 g/mol. The van der Waals surface area contributed by atoms with Crippen molar-refractivity contribution in [3.63, 3.8) is 0 Å². The first-order valence-corrected chi connectivity index (χ1v) is 5.56. The van der Waals surface area contributed by atoms with Gasteiger partial charge in [0.25, 0.3) is 0 Å². The molecule has 0 bridgehead atoms. The van der Waals surface area contributed by atoms with Crippen LogP contribution in [0.4, 0.5) is 0 Å². The summed E-state index contributed by atoms with van der Waals surface area (Å²) in [6, 6.07) is 0. The predicted molar refractivity (Wildman–Crippen MR) is 58.4 cm³/mol. The minimum Gasteiger partial charge on any atom is -0.391 e. The van der Waals surface area contributed by atoms with Gasteiger partial charge in [-0.3, -0.25) is 4.79 Å². The molecule has 0 radical (unpaired) electrons. The summed E-state index contributed by atoms with van der Waals surface area (Å²) in [5, 5.41) is 11.8. The lowest BCUT2D eigenvalue weighted by Gasteiger charge is -2.20. The van der Waals surface area contributed by atoms with Crippen molar-refractivity contribution < 1.29 is 9.90 Å². The van der Waals surface area contributed by atoms with Crippen LogP contribution < -0.4 is 5.32 Å². The molecule has 2 atom stereocenters. The molecule has 0 aromatic carbocycles. The molecule has 0 aliphatic carbocycles. The molecule has 0 aliphatic heterocycles. The second-order valence-electron chi connectivity index (χ2n) is 3.51. The highest BCUT2D eigenvalue weighted by Gasteiger charge is 2.17. The van der Waals surface area contributed by atoms with Crippen molar-refractivity contribution in [3.05, 3.63) is 0 Å². The number of amides is 1. The van der Waals surface area contributed by atoms with Crippen LogP contribution in [0, 0.1) is 5.92 Å². The van der Waals surface area contributed by atoms with E-state index in [4.69, 9.17) is 11.6 Å². The Kier molecular flexibility index (Phi) is 6.93. The van der Waals surface area contributed by atoms with Gasteiger partial charge in [-0.15, -0.1) is 11.6 Å². The van der Waals surface area contributed by atoms with Gasteiger partial charge in [0.05, 0.1) is 6.10 Å². The maximum absolute atomic E-state index is 11.1. The summed E-state index contributed by atoms with van der Waals surface area (Å²) >= 11 is 5.57. The molecule has 0 spiro atoms. The van der Waals surface area contributed by atoms with Crippen LogP contribution >= 0.6 is 11.6 Å². The Balaban J connectivity index is 3.83. The highest BCUT2D eigenvalue weighted by atomic mass is 35.5. The van der Waals surface area contributed by atoms with E-state index in [-0.39, 0.29) is 11.8 Å². The first-order valence-electron chi connectivity index (χ1n) is 5.12. The number of alkyl halides is 1. The second-order valence-corrected chi connectivity index (χ2v) is 4.16. The van der Waals surface area contributed by atoms with E-state index in [0.717, 1.165) is 12.8 Å². The fourth-order valence-corrected chi connectivity index (χ4v) is 1.42. The number of carbonyl (C=O) groups excluding carboxylic acids is 1. The maximum atomic E-state index is 11.1. The summed E-state index contributed by atoms with van der Waals surface area (Å²) in [5.41, 5.74) is 0. The predicted octanol–water partition coefficient (Wildman–Crippen LogP) is 1.53. The van der Waals surface area contributed by atoms with Gasteiger partial charge in [0.2, 0.25) is 5.91 Å². The van der Waals surface area contributed by atoms with Crippen molar-refractivity contribution in [1.29, 1.82) is 0 Å². The normalized spacial score (nSPS) is 15.3. The summed E-state index contributed by atoms with van der Waals surface area (Å²) in [7, 11) is 0. The van der Waals surface area contributed by atoms with E-state index in [2.05, 4.69) is 5.32 Å². The van der Waals surface area contributed by atoms with Gasteiger partial charge < -0.3 is 10.4 Å². The third-order valence-electron chi connectivity index (χ3n) is 2.44. The number of rotatable bonds is 6. The third-order valence-corrected chi connectivity index (χ3v) is 2.64. The van der Waals surface area contributed by atoms with Crippen LogP contribution in [-0.2, 0) is 4.79 Å². The highest BCUT2D eigenvalue weighted by molar-refractivity contribution is 6.30. The van der Waals surface area contributed by atoms with Crippen LogP contribution in [0.5, 0.6) is 0 Å². The average molecular weight is 222 g/mol. The molecule has 0 saturated carbocycles. The molecule has 0 heterocycles. The Morgan fingerprint density at radius 2 is 1.93 bits per heavy atom. The van der Waals surface area contributed by atoms with E-state index in [1.165, 1.54) is 0 Å². The zero-order chi connectivity index (χ0) is 11.1. The fraction of sp³-hybridized carbons (Fsp3) is 0.900. The highest BCUT2D eigenvalue weighted by Crippen LogP contribution is 2.12. The smallest absolute Gasteiger partial charge is 0.237 e. The minimum absolute atomic E-state index is 0.225. The minimum atomic E-state index is -0.538. The van der Waals surface area contributed by atoms with E-state index in [9.17, 15) is 9.90 Å². The molecule has 0 saturated heterocycles. The molecule has 0 aromatic rings. The largest absolute Gasteiger partial charge is 0.391 e. The number of carbonyl (C=O) groups is 1. The van der Waals surface area contributed by atoms with E-state index in [1.54, 1.807) is 6.92 Å². The van der Waals surface area contributed by atoms with Crippen LogP contribution in [0.1, 0.15) is 33.6 Å². The molecule has 14 heavy (non-hydrogen) atoms. The summed E-state index contributed by atoms with van der Waals surface area (Å²) in [4.78, 5) is 11.1. The standard InChI is InChI=1S/C10H20ClNO2/c1-4-8(5-2)9(13)6-12-10(14)7(3)11/h7-9,13H,4-6H2,1-3H3,(H,12,14). The number of aliphatic hydroxyl groups is 1. The fourth-order valence-electron chi connectivity index (χ4n) is 1.35. The lowest BCUT2D eigenvalue weighted by atomic mass is 9.96. The first kappa shape index (κ1) is 13.7. The van der Waals surface area contributed by atoms with E-state index in [1.807, 2.05) is 13.8 Å². The Morgan fingerprint density at radius 3 is 2.29 bits per heavy atom. The average Bonchev–Trinajstić information content (AvgIpc) is 2.15. The maximum Gasteiger partial charge on any atom is 0.237 e. The van der Waals surface area contributed by atoms with Crippen LogP contribution in [0.2, 0.25) is 0 Å². The van der Waals surface area contributed by atoms with Crippen LogP contribution in [0.25, 0.3) is 0 Å². The third kappa shape index (κ3) is 4.82. The number of hydrogen-bond acceptors (Lipinski definition) is 2. The molecule has 0 aliphatic rings. The molecule has 0 aromatic heterocycles. The van der Waals surface area contributed by atoms with Crippen molar-refractivity contribution >= 4 is 17.5 Å². The molecule has 84 valence electrons. The van der Waals surface area contributed by atoms with Gasteiger partial charge in [0.1, 0.15) is 5.38 Å². The monoisotopic (exact) mass is 221 g/mol. The first-order chi connectivity index (χ1) is 6.52. The summed E-state index contributed by atoms with van der Waals surface area (Å²) in [6.45, 7) is 5.97. The van der Waals surface area contributed by atoms with Gasteiger partial charge in [0.15, 0.2) is 0 Å². The lowest BCUT2D eigenvalue weighted by Crippen LogP contribution is -2.38. The van der Waals surface area contributed by atoms with Gasteiger partial charge in [0, 0.05) is 6.54 Å². The Labute approximate surface area is 90.8 Å². The molecule has 1 amide bonds. The van der Waals surface area contributed by atoms with E-state index < -0.39 is 11.5 Å². The molecule has 2 N–H and O–H groups in total. The van der Waals surface area contributed by atoms with E-state index in [0.29, 0.717) is 6.54 Å². The van der Waals surface area contributed by atoms with Gasteiger partial charge in [-0.2, -0.15) is 0 Å². The van der Waals surface area contributed by atoms with Crippen LogP contribution in [-0.4, -0.2) is 29.0 Å². The van der Waals surface area contributed by atoms with Crippen molar-refractivity contribution in [3.8, 4) is 0 Å². The number of nitrogens with one attached hydrogen (secondary N) is 1. The molecule has 4 heteroatoms. The number of hydrogen-bond donors (Lipinski definition) is 2. The van der Waals surface area contributed by atoms with Gasteiger partial charge >= 0.3 is 0 Å². The van der Waals surface area contributed by atoms with Crippen LogP contribution in [0.3, 0.4) is 0 Å². The van der Waals surface area contributed by atoms with Crippen molar-refractivity contribution in [2.75, 3.05) is 6.54 Å². The van der Waals surface area contributed by atoms with E-state index >= 15 is 0 Å². The molecule has 0 fully saturated rings. The molecule has 2 unspecified atom stereocenters. The summed E-state index contributed by atoms with van der Waals surface area (Å²) in [6.07, 6.45) is 1.37. The quantitative estimate of drug-likeness (QED) is 0.669. The zero-order valence-electron chi connectivity index (χ0n) is 9.09. The van der Waals surface area contributed by atoms with Crippen molar-refractivity contribution in [2.45, 2.75) is 45.1 Å². The Morgan fingerprint density at radius 1 is 1.43 bits per heavy atom. The summed E-state index contributed by atoms with van der Waals surface area (Å²) < 4.78 is 0. The molecule has 0 rings (SSSR count). The Bertz CT molecular complexity index is 170. The Hall–Kier alpha value is -0.280. The SMILES string of the molecule is CCC(CC)C(O)CNC(=O)C(C)Cl. The van der Waals surface area contributed by atoms with Gasteiger partial charge in [-0.1, -0.05) is 26.7 Å². The topological polar surface area (TPSA) is 49.3 Å². The molecule has 3 nitrogen and oxygen atoms in total.